The van der Waals surface area contributed by atoms with Crippen molar-refractivity contribution >= 4 is 0 Å². The highest BCUT2D eigenvalue weighted by molar-refractivity contribution is 4.91. The molecule has 88 valence electrons. The van der Waals surface area contributed by atoms with Crippen LogP contribution in [0.4, 0.5) is 0 Å². The number of rotatable bonds is 2. The van der Waals surface area contributed by atoms with Gasteiger partial charge in [0.1, 0.15) is 0 Å². The van der Waals surface area contributed by atoms with E-state index in [-0.39, 0.29) is 5.54 Å². The predicted molar refractivity (Wildman–Crippen MR) is 60.9 cm³/mol. The molecule has 2 aliphatic rings. The zero-order valence-electron chi connectivity index (χ0n) is 9.74. The van der Waals surface area contributed by atoms with Gasteiger partial charge >= 0.3 is 0 Å². The first-order chi connectivity index (χ1) is 7.18. The molecule has 0 radical (unpaired) electrons. The summed E-state index contributed by atoms with van der Waals surface area (Å²) >= 11 is 0. The van der Waals surface area contributed by atoms with E-state index in [0.29, 0.717) is 0 Å². The Hall–Kier alpha value is -0.160. The fourth-order valence-corrected chi connectivity index (χ4v) is 2.45. The summed E-state index contributed by atoms with van der Waals surface area (Å²) in [7, 11) is 2.19. The Morgan fingerprint density at radius 1 is 1.27 bits per heavy atom. The van der Waals surface area contributed by atoms with Crippen molar-refractivity contribution in [2.75, 3.05) is 53.0 Å². The lowest BCUT2D eigenvalue weighted by Gasteiger charge is -2.30. The summed E-state index contributed by atoms with van der Waals surface area (Å²) in [5.41, 5.74) is 6.21. The SMILES string of the molecule is CN1CCCN(CC2(N)CCOC2)CC1. The molecule has 0 aromatic rings. The molecule has 0 bridgehead atoms. The van der Waals surface area contributed by atoms with Crippen LogP contribution in [0.3, 0.4) is 0 Å². The second-order valence-electron chi connectivity index (χ2n) is 5.10. The summed E-state index contributed by atoms with van der Waals surface area (Å²) in [6.45, 7) is 7.28. The number of nitrogens with zero attached hydrogens (tertiary/aromatic N) is 2. The molecule has 2 rings (SSSR count). The van der Waals surface area contributed by atoms with E-state index in [1.54, 1.807) is 0 Å². The maximum Gasteiger partial charge on any atom is 0.0659 e. The van der Waals surface area contributed by atoms with E-state index in [9.17, 15) is 0 Å². The van der Waals surface area contributed by atoms with Crippen molar-refractivity contribution in [3.8, 4) is 0 Å². The van der Waals surface area contributed by atoms with Crippen LogP contribution in [0.25, 0.3) is 0 Å². The van der Waals surface area contributed by atoms with Gasteiger partial charge in [0.05, 0.1) is 12.1 Å². The first kappa shape index (κ1) is 11.3. The van der Waals surface area contributed by atoms with Gasteiger partial charge in [-0.15, -0.1) is 0 Å². The van der Waals surface area contributed by atoms with Crippen LogP contribution in [-0.4, -0.2) is 68.3 Å². The molecule has 2 N–H and O–H groups in total. The van der Waals surface area contributed by atoms with Gasteiger partial charge in [-0.05, 0) is 33.0 Å². The fraction of sp³-hybridized carbons (Fsp3) is 1.00. The van der Waals surface area contributed by atoms with Gasteiger partial charge in [-0.3, -0.25) is 0 Å². The van der Waals surface area contributed by atoms with E-state index in [1.807, 2.05) is 0 Å². The highest BCUT2D eigenvalue weighted by atomic mass is 16.5. The molecule has 2 fully saturated rings. The Morgan fingerprint density at radius 2 is 2.13 bits per heavy atom. The molecule has 0 spiro atoms. The number of ether oxygens (including phenoxy) is 1. The Balaban J connectivity index is 1.82. The van der Waals surface area contributed by atoms with Crippen molar-refractivity contribution in [3.63, 3.8) is 0 Å². The monoisotopic (exact) mass is 213 g/mol. The Kier molecular flexibility index (Phi) is 3.61. The van der Waals surface area contributed by atoms with Crippen LogP contribution in [0.15, 0.2) is 0 Å². The molecule has 2 heterocycles. The van der Waals surface area contributed by atoms with E-state index in [2.05, 4.69) is 16.8 Å². The lowest BCUT2D eigenvalue weighted by molar-refractivity contribution is 0.154. The van der Waals surface area contributed by atoms with E-state index in [1.165, 1.54) is 19.5 Å². The van der Waals surface area contributed by atoms with Crippen molar-refractivity contribution < 1.29 is 4.74 Å². The number of likely N-dealkylation sites (N-methyl/N-ethyl adjacent to an activating group) is 1. The molecule has 0 aromatic carbocycles. The molecule has 1 unspecified atom stereocenters. The molecule has 0 aromatic heterocycles. The van der Waals surface area contributed by atoms with Gasteiger partial charge in [0.15, 0.2) is 0 Å². The maximum absolute atomic E-state index is 6.30. The summed E-state index contributed by atoms with van der Waals surface area (Å²) in [4.78, 5) is 4.90. The third kappa shape index (κ3) is 3.14. The Bertz CT molecular complexity index is 204. The predicted octanol–water partition coefficient (Wildman–Crippen LogP) is -0.258. The van der Waals surface area contributed by atoms with E-state index in [4.69, 9.17) is 10.5 Å². The first-order valence-electron chi connectivity index (χ1n) is 5.96. The number of hydrogen-bond acceptors (Lipinski definition) is 4. The summed E-state index contributed by atoms with van der Waals surface area (Å²) in [5.74, 6) is 0. The van der Waals surface area contributed by atoms with Crippen LogP contribution in [0, 0.1) is 0 Å². The van der Waals surface area contributed by atoms with Gasteiger partial charge in [0.2, 0.25) is 0 Å². The van der Waals surface area contributed by atoms with E-state index < -0.39 is 0 Å². The van der Waals surface area contributed by atoms with Crippen molar-refractivity contribution in [1.82, 2.24) is 9.80 Å². The highest BCUT2D eigenvalue weighted by Crippen LogP contribution is 2.17. The second kappa shape index (κ2) is 4.78. The topological polar surface area (TPSA) is 41.7 Å². The van der Waals surface area contributed by atoms with Crippen LogP contribution >= 0.6 is 0 Å². The Labute approximate surface area is 92.4 Å². The van der Waals surface area contributed by atoms with Crippen LogP contribution < -0.4 is 5.73 Å². The van der Waals surface area contributed by atoms with Crippen LogP contribution in [0.1, 0.15) is 12.8 Å². The molecular weight excluding hydrogens is 190 g/mol. The molecule has 0 amide bonds. The van der Waals surface area contributed by atoms with Crippen molar-refractivity contribution in [1.29, 1.82) is 0 Å². The summed E-state index contributed by atoms with van der Waals surface area (Å²) in [5, 5.41) is 0. The molecule has 0 aliphatic carbocycles. The zero-order valence-corrected chi connectivity index (χ0v) is 9.74. The smallest absolute Gasteiger partial charge is 0.0659 e. The molecule has 0 saturated carbocycles. The van der Waals surface area contributed by atoms with Gasteiger partial charge in [0.25, 0.3) is 0 Å². The van der Waals surface area contributed by atoms with E-state index in [0.717, 1.165) is 39.3 Å². The molecular formula is C11H23N3O. The average Bonchev–Trinajstić information content (AvgIpc) is 2.51. The third-order valence-corrected chi connectivity index (χ3v) is 3.48. The normalized spacial score (nSPS) is 35.6. The average molecular weight is 213 g/mol. The van der Waals surface area contributed by atoms with Crippen molar-refractivity contribution in [2.45, 2.75) is 18.4 Å². The summed E-state index contributed by atoms with van der Waals surface area (Å²) < 4.78 is 5.39. The van der Waals surface area contributed by atoms with Gasteiger partial charge in [0, 0.05) is 26.2 Å². The summed E-state index contributed by atoms with van der Waals surface area (Å²) in [6, 6.07) is 0. The van der Waals surface area contributed by atoms with Crippen LogP contribution in [-0.2, 0) is 4.74 Å². The van der Waals surface area contributed by atoms with Crippen molar-refractivity contribution in [2.24, 2.45) is 5.73 Å². The number of hydrogen-bond donors (Lipinski definition) is 1. The largest absolute Gasteiger partial charge is 0.379 e. The molecule has 15 heavy (non-hydrogen) atoms. The molecule has 1 atom stereocenters. The minimum absolute atomic E-state index is 0.0804. The quantitative estimate of drug-likeness (QED) is 0.686. The van der Waals surface area contributed by atoms with Gasteiger partial charge in [-0.2, -0.15) is 0 Å². The van der Waals surface area contributed by atoms with Crippen LogP contribution in [0.2, 0.25) is 0 Å². The lowest BCUT2D eigenvalue weighted by Crippen LogP contribution is -2.51. The number of nitrogens with two attached hydrogens (primary N) is 1. The van der Waals surface area contributed by atoms with Gasteiger partial charge in [-0.25, -0.2) is 0 Å². The molecule has 4 nitrogen and oxygen atoms in total. The molecule has 2 saturated heterocycles. The van der Waals surface area contributed by atoms with Gasteiger partial charge < -0.3 is 20.3 Å². The molecule has 4 heteroatoms. The fourth-order valence-electron chi connectivity index (χ4n) is 2.45. The van der Waals surface area contributed by atoms with Crippen molar-refractivity contribution in [3.05, 3.63) is 0 Å². The minimum atomic E-state index is -0.0804. The van der Waals surface area contributed by atoms with E-state index >= 15 is 0 Å². The van der Waals surface area contributed by atoms with Gasteiger partial charge in [-0.1, -0.05) is 0 Å². The maximum atomic E-state index is 6.30. The highest BCUT2D eigenvalue weighted by Gasteiger charge is 2.32. The molecule has 2 aliphatic heterocycles. The standard InChI is InChI=1S/C11H23N3O/c1-13-4-2-5-14(7-6-13)9-11(12)3-8-15-10-11/h2-10,12H2,1H3. The lowest BCUT2D eigenvalue weighted by atomic mass is 9.99. The minimum Gasteiger partial charge on any atom is -0.379 e. The Morgan fingerprint density at radius 3 is 2.87 bits per heavy atom. The second-order valence-corrected chi connectivity index (χ2v) is 5.10. The zero-order chi connectivity index (χ0) is 10.7. The first-order valence-corrected chi connectivity index (χ1v) is 5.96. The van der Waals surface area contributed by atoms with Crippen LogP contribution in [0.5, 0.6) is 0 Å². The third-order valence-electron chi connectivity index (χ3n) is 3.48. The summed E-state index contributed by atoms with van der Waals surface area (Å²) in [6.07, 6.45) is 2.27.